The first-order valence-electron chi connectivity index (χ1n) is 5.23. The molecule has 80 valence electrons. The number of rotatable bonds is 2. The zero-order valence-corrected chi connectivity index (χ0v) is 9.27. The lowest BCUT2D eigenvalue weighted by molar-refractivity contribution is 0.473. The summed E-state index contributed by atoms with van der Waals surface area (Å²) < 4.78 is 0. The molecular formula is C15H14O. The van der Waals surface area contributed by atoms with E-state index in [9.17, 15) is 5.11 Å². The van der Waals surface area contributed by atoms with E-state index < -0.39 is 0 Å². The van der Waals surface area contributed by atoms with Crippen molar-refractivity contribution in [3.8, 4) is 5.75 Å². The van der Waals surface area contributed by atoms with E-state index in [4.69, 9.17) is 0 Å². The highest BCUT2D eigenvalue weighted by Gasteiger charge is 2.08. The molecule has 2 aromatic rings. The van der Waals surface area contributed by atoms with Crippen molar-refractivity contribution < 1.29 is 5.11 Å². The van der Waals surface area contributed by atoms with Crippen molar-refractivity contribution >= 4 is 5.57 Å². The molecule has 0 radical (unpaired) electrons. The van der Waals surface area contributed by atoms with Gasteiger partial charge in [0.15, 0.2) is 0 Å². The van der Waals surface area contributed by atoms with E-state index in [1.165, 1.54) is 0 Å². The van der Waals surface area contributed by atoms with Gasteiger partial charge in [-0.05, 0) is 29.7 Å². The van der Waals surface area contributed by atoms with Crippen LogP contribution in [0, 0.1) is 6.92 Å². The first-order valence-corrected chi connectivity index (χ1v) is 5.23. The van der Waals surface area contributed by atoms with E-state index in [2.05, 4.69) is 6.58 Å². The van der Waals surface area contributed by atoms with E-state index >= 15 is 0 Å². The second-order valence-electron chi connectivity index (χ2n) is 3.81. The minimum atomic E-state index is 0.274. The zero-order valence-electron chi connectivity index (χ0n) is 9.27. The van der Waals surface area contributed by atoms with Gasteiger partial charge in [0.2, 0.25) is 0 Å². The van der Waals surface area contributed by atoms with Gasteiger partial charge in [0, 0.05) is 5.56 Å². The van der Waals surface area contributed by atoms with Crippen LogP contribution in [0.1, 0.15) is 16.7 Å². The van der Waals surface area contributed by atoms with Crippen LogP contribution in [0.3, 0.4) is 0 Å². The highest BCUT2D eigenvalue weighted by Crippen LogP contribution is 2.29. The summed E-state index contributed by atoms with van der Waals surface area (Å²) in [6.45, 7) is 6.10. The van der Waals surface area contributed by atoms with Crippen LogP contribution in [-0.4, -0.2) is 5.11 Å². The van der Waals surface area contributed by atoms with Crippen LogP contribution in [0.5, 0.6) is 5.75 Å². The molecule has 0 aliphatic rings. The molecule has 0 aliphatic carbocycles. The molecule has 0 heterocycles. The molecule has 0 saturated carbocycles. The lowest BCUT2D eigenvalue weighted by atomic mass is 9.95. The number of benzene rings is 2. The maximum absolute atomic E-state index is 9.77. The fourth-order valence-corrected chi connectivity index (χ4v) is 1.79. The first-order chi connectivity index (χ1) is 7.70. The maximum Gasteiger partial charge on any atom is 0.123 e. The summed E-state index contributed by atoms with van der Waals surface area (Å²) >= 11 is 0. The van der Waals surface area contributed by atoms with E-state index in [0.29, 0.717) is 0 Å². The Bertz CT molecular complexity index is 479. The fraction of sp³-hybridized carbons (Fsp3) is 0.0667. The molecular weight excluding hydrogens is 196 g/mol. The Labute approximate surface area is 95.7 Å². The van der Waals surface area contributed by atoms with Gasteiger partial charge in [-0.3, -0.25) is 0 Å². The van der Waals surface area contributed by atoms with Crippen LogP contribution in [0.2, 0.25) is 0 Å². The molecule has 0 atom stereocenters. The molecule has 16 heavy (non-hydrogen) atoms. The maximum atomic E-state index is 9.77. The van der Waals surface area contributed by atoms with Crippen LogP contribution in [0.15, 0.2) is 55.1 Å². The molecule has 0 saturated heterocycles. The molecule has 0 aliphatic heterocycles. The summed E-state index contributed by atoms with van der Waals surface area (Å²) in [5.41, 5.74) is 3.88. The molecule has 0 bridgehead atoms. The normalized spacial score (nSPS) is 10.1. The SMILES string of the molecule is C=C(c1ccccc1C)c1ccccc1O. The Morgan fingerprint density at radius 2 is 1.50 bits per heavy atom. The van der Waals surface area contributed by atoms with Crippen LogP contribution in [-0.2, 0) is 0 Å². The predicted octanol–water partition coefficient (Wildman–Crippen LogP) is 3.76. The van der Waals surface area contributed by atoms with Crippen molar-refractivity contribution in [1.29, 1.82) is 0 Å². The van der Waals surface area contributed by atoms with Crippen LogP contribution in [0.4, 0.5) is 0 Å². The average molecular weight is 210 g/mol. The number of phenols is 1. The number of hydrogen-bond acceptors (Lipinski definition) is 1. The predicted molar refractivity (Wildman–Crippen MR) is 67.4 cm³/mol. The van der Waals surface area contributed by atoms with Crippen molar-refractivity contribution in [1.82, 2.24) is 0 Å². The number of hydrogen-bond donors (Lipinski definition) is 1. The van der Waals surface area contributed by atoms with E-state index in [-0.39, 0.29) is 5.75 Å². The third kappa shape index (κ3) is 1.84. The highest BCUT2D eigenvalue weighted by atomic mass is 16.3. The molecule has 2 rings (SSSR count). The van der Waals surface area contributed by atoms with Gasteiger partial charge in [0.1, 0.15) is 5.75 Å². The van der Waals surface area contributed by atoms with Crippen molar-refractivity contribution in [2.45, 2.75) is 6.92 Å². The van der Waals surface area contributed by atoms with Crippen molar-refractivity contribution in [3.05, 3.63) is 71.8 Å². The number of aromatic hydroxyl groups is 1. The Kier molecular flexibility index (Phi) is 2.78. The highest BCUT2D eigenvalue weighted by molar-refractivity contribution is 5.82. The minimum absolute atomic E-state index is 0.274. The quantitative estimate of drug-likeness (QED) is 0.800. The minimum Gasteiger partial charge on any atom is -0.507 e. The van der Waals surface area contributed by atoms with Crippen molar-refractivity contribution in [2.24, 2.45) is 0 Å². The molecule has 1 heteroatoms. The third-order valence-electron chi connectivity index (χ3n) is 2.70. The number of phenolic OH excluding ortho intramolecular Hbond substituents is 1. The summed E-state index contributed by atoms with van der Waals surface area (Å²) in [5, 5.41) is 9.77. The van der Waals surface area contributed by atoms with E-state index in [0.717, 1.165) is 22.3 Å². The summed E-state index contributed by atoms with van der Waals surface area (Å²) in [7, 11) is 0. The second-order valence-corrected chi connectivity index (χ2v) is 3.81. The van der Waals surface area contributed by atoms with Crippen molar-refractivity contribution in [3.63, 3.8) is 0 Å². The largest absolute Gasteiger partial charge is 0.507 e. The van der Waals surface area contributed by atoms with Gasteiger partial charge < -0.3 is 5.11 Å². The number of para-hydroxylation sites is 1. The van der Waals surface area contributed by atoms with Gasteiger partial charge in [0.25, 0.3) is 0 Å². The number of aryl methyl sites for hydroxylation is 1. The van der Waals surface area contributed by atoms with Gasteiger partial charge in [-0.25, -0.2) is 0 Å². The lowest BCUT2D eigenvalue weighted by Crippen LogP contribution is -1.89. The van der Waals surface area contributed by atoms with Gasteiger partial charge in [0.05, 0.1) is 0 Å². The molecule has 0 aromatic heterocycles. The average Bonchev–Trinajstić information content (AvgIpc) is 2.29. The Morgan fingerprint density at radius 1 is 0.938 bits per heavy atom. The van der Waals surface area contributed by atoms with Gasteiger partial charge >= 0.3 is 0 Å². The summed E-state index contributed by atoms with van der Waals surface area (Å²) in [4.78, 5) is 0. The monoisotopic (exact) mass is 210 g/mol. The zero-order chi connectivity index (χ0) is 11.5. The Balaban J connectivity index is 2.48. The Hall–Kier alpha value is -2.02. The molecule has 1 nitrogen and oxygen atoms in total. The summed E-state index contributed by atoms with van der Waals surface area (Å²) in [6, 6.07) is 15.3. The lowest BCUT2D eigenvalue weighted by Gasteiger charge is -2.10. The van der Waals surface area contributed by atoms with Crippen LogP contribution < -0.4 is 0 Å². The van der Waals surface area contributed by atoms with Gasteiger partial charge in [-0.15, -0.1) is 0 Å². The first kappa shape index (κ1) is 10.5. The van der Waals surface area contributed by atoms with Gasteiger partial charge in [-0.1, -0.05) is 49.0 Å². The van der Waals surface area contributed by atoms with Crippen LogP contribution >= 0.6 is 0 Å². The van der Waals surface area contributed by atoms with Crippen LogP contribution in [0.25, 0.3) is 5.57 Å². The smallest absolute Gasteiger partial charge is 0.123 e. The van der Waals surface area contributed by atoms with Crippen molar-refractivity contribution in [2.75, 3.05) is 0 Å². The molecule has 0 fully saturated rings. The Morgan fingerprint density at radius 3 is 2.12 bits per heavy atom. The fourth-order valence-electron chi connectivity index (χ4n) is 1.79. The molecule has 0 amide bonds. The summed E-state index contributed by atoms with van der Waals surface area (Å²) in [6.07, 6.45) is 0. The molecule has 0 spiro atoms. The third-order valence-corrected chi connectivity index (χ3v) is 2.70. The molecule has 2 aromatic carbocycles. The summed E-state index contributed by atoms with van der Waals surface area (Å²) in [5.74, 6) is 0.274. The molecule has 1 N–H and O–H groups in total. The van der Waals surface area contributed by atoms with E-state index in [1.807, 2.05) is 49.4 Å². The van der Waals surface area contributed by atoms with Gasteiger partial charge in [-0.2, -0.15) is 0 Å². The van der Waals surface area contributed by atoms with E-state index in [1.54, 1.807) is 6.07 Å². The standard InChI is InChI=1S/C15H14O/c1-11-7-3-4-8-13(11)12(2)14-9-5-6-10-15(14)16/h3-10,16H,2H2,1H3. The topological polar surface area (TPSA) is 20.2 Å². The second kappa shape index (κ2) is 4.23. The molecule has 0 unspecified atom stereocenters.